The highest BCUT2D eigenvalue weighted by Crippen LogP contribution is 2.40. The van der Waals surface area contributed by atoms with Crippen molar-refractivity contribution in [2.45, 2.75) is 44.2 Å². The van der Waals surface area contributed by atoms with Crippen LogP contribution in [-0.2, 0) is 12.8 Å². The van der Waals surface area contributed by atoms with Crippen molar-refractivity contribution in [3.05, 3.63) is 35.4 Å². The van der Waals surface area contributed by atoms with Crippen molar-refractivity contribution in [2.75, 3.05) is 7.05 Å². The average Bonchev–Trinajstić information content (AvgIpc) is 2.60. The Bertz CT molecular complexity index is 444. The van der Waals surface area contributed by atoms with Crippen LogP contribution >= 0.6 is 0 Å². The van der Waals surface area contributed by atoms with Crippen molar-refractivity contribution in [3.8, 4) is 0 Å². The number of quaternary nitrogens is 1. The number of halogens is 1. The predicted octanol–water partition coefficient (Wildman–Crippen LogP) is -1.53. The zero-order chi connectivity index (χ0) is 11.4. The fraction of sp³-hybridized carbons (Fsp3) is 0.625. The van der Waals surface area contributed by atoms with Crippen molar-refractivity contribution >= 4 is 0 Å². The Morgan fingerprint density at radius 3 is 2.56 bits per heavy atom. The Kier molecular flexibility index (Phi) is 3.15. The molecule has 1 N–H and O–H groups in total. The first-order valence-electron chi connectivity index (χ1n) is 7.23. The van der Waals surface area contributed by atoms with Crippen LogP contribution in [0.2, 0.25) is 0 Å². The minimum absolute atomic E-state index is 0. The Labute approximate surface area is 116 Å². The second kappa shape index (κ2) is 4.54. The van der Waals surface area contributed by atoms with Gasteiger partial charge in [0.1, 0.15) is 0 Å². The van der Waals surface area contributed by atoms with E-state index in [0.29, 0.717) is 0 Å². The lowest BCUT2D eigenvalue weighted by Crippen LogP contribution is -3.16. The summed E-state index contributed by atoms with van der Waals surface area (Å²) >= 11 is 0. The molecule has 0 saturated carbocycles. The fourth-order valence-electron chi connectivity index (χ4n) is 4.90. The number of nitrogens with one attached hydrogen (secondary N) is 1. The quantitative estimate of drug-likeness (QED) is 0.580. The average molecular weight is 264 g/mol. The molecule has 2 heterocycles. The Balaban J connectivity index is 0.000001000. The van der Waals surface area contributed by atoms with Crippen LogP contribution < -0.4 is 17.3 Å². The maximum atomic E-state index is 2.44. The summed E-state index contributed by atoms with van der Waals surface area (Å²) in [4.78, 5) is 1.85. The van der Waals surface area contributed by atoms with Gasteiger partial charge >= 0.3 is 0 Å². The van der Waals surface area contributed by atoms with E-state index in [9.17, 15) is 0 Å². The molecule has 18 heavy (non-hydrogen) atoms. The van der Waals surface area contributed by atoms with Crippen LogP contribution in [-0.4, -0.2) is 19.1 Å². The first-order chi connectivity index (χ1) is 8.33. The Morgan fingerprint density at radius 1 is 1.06 bits per heavy atom. The van der Waals surface area contributed by atoms with E-state index in [-0.39, 0.29) is 12.4 Å². The van der Waals surface area contributed by atoms with Gasteiger partial charge in [0.15, 0.2) is 0 Å². The molecule has 2 heteroatoms. The van der Waals surface area contributed by atoms with Crippen molar-refractivity contribution in [3.63, 3.8) is 0 Å². The second-order valence-electron chi connectivity index (χ2n) is 6.46. The number of benzene rings is 1. The molecule has 98 valence electrons. The molecule has 0 aromatic heterocycles. The number of piperidine rings is 1. The van der Waals surface area contributed by atoms with E-state index in [1.807, 2.05) is 4.90 Å². The van der Waals surface area contributed by atoms with Gasteiger partial charge in [-0.3, -0.25) is 0 Å². The normalized spacial score (nSPS) is 40.6. The summed E-state index contributed by atoms with van der Waals surface area (Å²) in [7, 11) is 2.44. The highest BCUT2D eigenvalue weighted by Gasteiger charge is 2.50. The van der Waals surface area contributed by atoms with E-state index in [1.165, 1.54) is 32.1 Å². The van der Waals surface area contributed by atoms with Crippen molar-refractivity contribution in [1.82, 2.24) is 0 Å². The van der Waals surface area contributed by atoms with Crippen LogP contribution in [0.1, 0.15) is 30.4 Å². The van der Waals surface area contributed by atoms with E-state index in [4.69, 9.17) is 0 Å². The van der Waals surface area contributed by atoms with Crippen LogP contribution in [0.4, 0.5) is 0 Å². The lowest BCUT2D eigenvalue weighted by atomic mass is 9.69. The zero-order valence-corrected chi connectivity index (χ0v) is 11.8. The summed E-state index contributed by atoms with van der Waals surface area (Å²) in [6.45, 7) is 0. The molecule has 4 rings (SSSR count). The Hall–Kier alpha value is -0.530. The van der Waals surface area contributed by atoms with Crippen LogP contribution in [0, 0.1) is 11.8 Å². The molecule has 1 aromatic rings. The molecular formula is C16H22ClN. The fourth-order valence-corrected chi connectivity index (χ4v) is 4.90. The smallest absolute Gasteiger partial charge is 0.0911 e. The molecule has 3 unspecified atom stereocenters. The monoisotopic (exact) mass is 263 g/mol. The summed E-state index contributed by atoms with van der Waals surface area (Å²) in [6, 6.07) is 11.1. The van der Waals surface area contributed by atoms with Crippen LogP contribution in [0.3, 0.4) is 0 Å². The molecule has 2 saturated heterocycles. The molecule has 3 aliphatic rings. The van der Waals surface area contributed by atoms with E-state index in [1.54, 1.807) is 11.1 Å². The number of rotatable bonds is 0. The summed E-state index contributed by atoms with van der Waals surface area (Å²) in [5.74, 6) is 1.97. The molecule has 2 aliphatic heterocycles. The molecule has 2 bridgehead atoms. The minimum atomic E-state index is 0. The van der Waals surface area contributed by atoms with Gasteiger partial charge in [-0.25, -0.2) is 0 Å². The Morgan fingerprint density at radius 2 is 1.78 bits per heavy atom. The van der Waals surface area contributed by atoms with Crippen LogP contribution in [0.5, 0.6) is 0 Å². The SMILES string of the molecule is C[NH+]1C2CCC1[C@@H]1Cc3ccccc3C[C@H]1C2.[Cl-]. The number of fused-ring (bicyclic) bond motifs is 5. The first kappa shape index (κ1) is 12.5. The predicted molar refractivity (Wildman–Crippen MR) is 69.1 cm³/mol. The van der Waals surface area contributed by atoms with Crippen molar-refractivity contribution in [1.29, 1.82) is 0 Å². The van der Waals surface area contributed by atoms with Gasteiger partial charge in [-0.15, -0.1) is 0 Å². The third-order valence-corrected chi connectivity index (χ3v) is 5.82. The summed E-state index contributed by atoms with van der Waals surface area (Å²) in [5.41, 5.74) is 3.29. The van der Waals surface area contributed by atoms with Crippen molar-refractivity contribution < 1.29 is 17.3 Å². The molecule has 1 aromatic carbocycles. The first-order valence-corrected chi connectivity index (χ1v) is 7.23. The van der Waals surface area contributed by atoms with E-state index < -0.39 is 0 Å². The molecule has 0 spiro atoms. The maximum absolute atomic E-state index is 2.44. The lowest BCUT2D eigenvalue weighted by Gasteiger charge is -2.43. The van der Waals surface area contributed by atoms with Crippen LogP contribution in [0.25, 0.3) is 0 Å². The highest BCUT2D eigenvalue weighted by atomic mass is 35.5. The third-order valence-electron chi connectivity index (χ3n) is 5.82. The van der Waals surface area contributed by atoms with Gasteiger partial charge < -0.3 is 17.3 Å². The van der Waals surface area contributed by atoms with E-state index in [2.05, 4.69) is 31.3 Å². The largest absolute Gasteiger partial charge is 1.00 e. The third kappa shape index (κ3) is 1.71. The van der Waals surface area contributed by atoms with Gasteiger partial charge in [0.2, 0.25) is 0 Å². The van der Waals surface area contributed by atoms with Gasteiger partial charge in [0, 0.05) is 25.2 Å². The maximum Gasteiger partial charge on any atom is 0.0911 e. The summed E-state index contributed by atoms with van der Waals surface area (Å²) in [5, 5.41) is 0. The van der Waals surface area contributed by atoms with Gasteiger partial charge in [0.25, 0.3) is 0 Å². The molecule has 2 fully saturated rings. The van der Waals surface area contributed by atoms with E-state index >= 15 is 0 Å². The highest BCUT2D eigenvalue weighted by molar-refractivity contribution is 5.31. The molecule has 1 nitrogen and oxygen atoms in total. The van der Waals surface area contributed by atoms with Gasteiger partial charge in [0.05, 0.1) is 19.1 Å². The molecule has 0 amide bonds. The van der Waals surface area contributed by atoms with E-state index in [0.717, 1.165) is 23.9 Å². The van der Waals surface area contributed by atoms with Gasteiger partial charge in [-0.05, 0) is 29.9 Å². The topological polar surface area (TPSA) is 4.44 Å². The zero-order valence-electron chi connectivity index (χ0n) is 11.0. The standard InChI is InChI=1S/C16H21N.ClH/c1-17-14-6-7-16(17)15-10-12-5-3-2-4-11(12)8-13(15)9-14;/h2-5,13-16H,6-10H2,1H3;1H/t13-,14?,15+,16?;/m0./s1. The summed E-state index contributed by atoms with van der Waals surface area (Å²) in [6.07, 6.45) is 7.18. The molecular weight excluding hydrogens is 242 g/mol. The van der Waals surface area contributed by atoms with Crippen LogP contribution in [0.15, 0.2) is 24.3 Å². The molecule has 0 radical (unpaired) electrons. The second-order valence-corrected chi connectivity index (χ2v) is 6.46. The molecule has 5 atom stereocenters. The number of hydrogen-bond donors (Lipinski definition) is 1. The minimum Gasteiger partial charge on any atom is -1.00 e. The number of hydrogen-bond acceptors (Lipinski definition) is 0. The van der Waals surface area contributed by atoms with Gasteiger partial charge in [-0.1, -0.05) is 24.3 Å². The van der Waals surface area contributed by atoms with Crippen molar-refractivity contribution in [2.24, 2.45) is 11.8 Å². The van der Waals surface area contributed by atoms with Gasteiger partial charge in [-0.2, -0.15) is 0 Å². The lowest BCUT2D eigenvalue weighted by molar-refractivity contribution is -0.928. The summed E-state index contributed by atoms with van der Waals surface area (Å²) < 4.78 is 0. The molecule has 1 aliphatic carbocycles.